The van der Waals surface area contributed by atoms with Gasteiger partial charge in [0.1, 0.15) is 0 Å². The van der Waals surface area contributed by atoms with Crippen molar-refractivity contribution in [3.05, 3.63) is 22.4 Å². The number of rotatable bonds is 6. The number of nitrogens with one attached hydrogen (secondary N) is 2. The van der Waals surface area contributed by atoms with Crippen LogP contribution in [-0.2, 0) is 9.59 Å². The van der Waals surface area contributed by atoms with Gasteiger partial charge in [0, 0.05) is 31.1 Å². The van der Waals surface area contributed by atoms with E-state index in [1.165, 1.54) is 0 Å². The van der Waals surface area contributed by atoms with Gasteiger partial charge in [0.05, 0.1) is 19.1 Å². The van der Waals surface area contributed by atoms with Crippen molar-refractivity contribution >= 4 is 35.6 Å². The first-order valence-corrected chi connectivity index (χ1v) is 8.44. The highest BCUT2D eigenvalue weighted by Crippen LogP contribution is 2.17. The molecule has 1 fully saturated rings. The first-order valence-electron chi connectivity index (χ1n) is 7.56. The third-order valence-corrected chi connectivity index (χ3v) is 4.69. The van der Waals surface area contributed by atoms with Crippen LogP contribution in [-0.4, -0.2) is 67.9 Å². The lowest BCUT2D eigenvalue weighted by atomic mass is 10.2. The van der Waals surface area contributed by atoms with Crippen LogP contribution in [0.3, 0.4) is 0 Å². The molecule has 1 unspecified atom stereocenters. The Labute approximate surface area is 147 Å². The van der Waals surface area contributed by atoms with Gasteiger partial charge in [-0.05, 0) is 25.4 Å². The van der Waals surface area contributed by atoms with Crippen LogP contribution < -0.4 is 10.6 Å². The molecule has 130 valence electrons. The zero-order valence-corrected chi connectivity index (χ0v) is 15.2. The molecule has 8 heteroatoms. The summed E-state index contributed by atoms with van der Waals surface area (Å²) in [6.45, 7) is 5.65. The topological polar surface area (TPSA) is 64.7 Å². The van der Waals surface area contributed by atoms with Crippen LogP contribution in [0.1, 0.15) is 17.8 Å². The molecule has 0 aliphatic carbocycles. The van der Waals surface area contributed by atoms with Crippen molar-refractivity contribution in [1.29, 1.82) is 0 Å². The molecule has 1 aliphatic heterocycles. The molecule has 2 rings (SSSR count). The monoisotopic (exact) mass is 360 g/mol. The van der Waals surface area contributed by atoms with Crippen molar-refractivity contribution in [2.45, 2.75) is 13.0 Å². The SMILES string of the molecule is CC(NC(=O)CN(C)CC(=O)N1CCNCC1)c1cccs1.Cl. The van der Waals surface area contributed by atoms with Gasteiger partial charge in [0.2, 0.25) is 11.8 Å². The van der Waals surface area contributed by atoms with Gasteiger partial charge in [-0.25, -0.2) is 0 Å². The van der Waals surface area contributed by atoms with Crippen molar-refractivity contribution in [2.24, 2.45) is 0 Å². The molecule has 0 spiro atoms. The number of halogens is 1. The Bertz CT molecular complexity index is 492. The summed E-state index contributed by atoms with van der Waals surface area (Å²) >= 11 is 1.63. The summed E-state index contributed by atoms with van der Waals surface area (Å²) in [5, 5.41) is 8.18. The Morgan fingerprint density at radius 2 is 2.09 bits per heavy atom. The number of hydrogen-bond donors (Lipinski definition) is 2. The van der Waals surface area contributed by atoms with Gasteiger partial charge in [-0.15, -0.1) is 23.7 Å². The predicted octanol–water partition coefficient (Wildman–Crippen LogP) is 0.711. The molecule has 0 radical (unpaired) electrons. The van der Waals surface area contributed by atoms with E-state index in [-0.39, 0.29) is 43.4 Å². The molecular formula is C15H25ClN4O2S. The van der Waals surface area contributed by atoms with Gasteiger partial charge in [0.15, 0.2) is 0 Å². The van der Waals surface area contributed by atoms with E-state index < -0.39 is 0 Å². The number of amides is 2. The fourth-order valence-corrected chi connectivity index (χ4v) is 3.18. The number of nitrogens with zero attached hydrogens (tertiary/aromatic N) is 2. The van der Waals surface area contributed by atoms with E-state index in [4.69, 9.17) is 0 Å². The molecule has 1 aliphatic rings. The average Bonchev–Trinajstić information content (AvgIpc) is 3.02. The van der Waals surface area contributed by atoms with E-state index >= 15 is 0 Å². The van der Waals surface area contributed by atoms with Gasteiger partial charge in [-0.1, -0.05) is 6.07 Å². The van der Waals surface area contributed by atoms with E-state index in [9.17, 15) is 9.59 Å². The molecule has 2 N–H and O–H groups in total. The number of piperazine rings is 1. The Morgan fingerprint density at radius 3 is 2.70 bits per heavy atom. The maximum absolute atomic E-state index is 12.1. The fourth-order valence-electron chi connectivity index (χ4n) is 2.44. The van der Waals surface area contributed by atoms with E-state index in [2.05, 4.69) is 10.6 Å². The normalized spacial score (nSPS) is 15.9. The molecule has 0 saturated carbocycles. The zero-order valence-electron chi connectivity index (χ0n) is 13.6. The van der Waals surface area contributed by atoms with Crippen molar-refractivity contribution in [2.75, 3.05) is 46.3 Å². The molecule has 1 atom stereocenters. The van der Waals surface area contributed by atoms with E-state index in [1.54, 1.807) is 23.3 Å². The van der Waals surface area contributed by atoms with Gasteiger partial charge in [-0.2, -0.15) is 0 Å². The lowest BCUT2D eigenvalue weighted by molar-refractivity contribution is -0.133. The zero-order chi connectivity index (χ0) is 15.9. The molecule has 1 saturated heterocycles. The van der Waals surface area contributed by atoms with Gasteiger partial charge in [0.25, 0.3) is 0 Å². The van der Waals surface area contributed by atoms with Crippen molar-refractivity contribution in [1.82, 2.24) is 20.4 Å². The Hall–Kier alpha value is -1.15. The third kappa shape index (κ3) is 6.47. The van der Waals surface area contributed by atoms with Gasteiger partial charge >= 0.3 is 0 Å². The number of thiophene rings is 1. The van der Waals surface area contributed by atoms with Crippen LogP contribution in [0, 0.1) is 0 Å². The molecular weight excluding hydrogens is 336 g/mol. The van der Waals surface area contributed by atoms with Crippen molar-refractivity contribution in [3.8, 4) is 0 Å². The molecule has 6 nitrogen and oxygen atoms in total. The van der Waals surface area contributed by atoms with Crippen molar-refractivity contribution < 1.29 is 9.59 Å². The lowest BCUT2D eigenvalue weighted by Crippen LogP contribution is -2.50. The second kappa shape index (κ2) is 9.87. The average molecular weight is 361 g/mol. The van der Waals surface area contributed by atoms with E-state index in [1.807, 2.05) is 29.3 Å². The summed E-state index contributed by atoms with van der Waals surface area (Å²) in [5.74, 6) is 0.0274. The standard InChI is InChI=1S/C15H24N4O2S.ClH/c1-12(13-4-3-9-22-13)17-14(20)10-18(2)11-15(21)19-7-5-16-6-8-19;/h3-4,9,12,16H,5-8,10-11H2,1-2H3,(H,17,20);1H. The minimum atomic E-state index is -0.0588. The number of carbonyl (C=O) groups excluding carboxylic acids is 2. The third-order valence-electron chi connectivity index (χ3n) is 3.64. The summed E-state index contributed by atoms with van der Waals surface area (Å²) in [4.78, 5) is 28.9. The molecule has 0 bridgehead atoms. The van der Waals surface area contributed by atoms with Gasteiger partial charge < -0.3 is 15.5 Å². The highest BCUT2D eigenvalue weighted by Gasteiger charge is 2.19. The van der Waals surface area contributed by atoms with Crippen LogP contribution in [0.2, 0.25) is 0 Å². The number of hydrogen-bond acceptors (Lipinski definition) is 5. The molecule has 23 heavy (non-hydrogen) atoms. The first-order chi connectivity index (χ1) is 10.6. The summed E-state index contributed by atoms with van der Waals surface area (Å²) in [7, 11) is 1.80. The van der Waals surface area contributed by atoms with E-state index in [0.717, 1.165) is 31.1 Å². The quantitative estimate of drug-likeness (QED) is 0.784. The van der Waals surface area contributed by atoms with Crippen LogP contribution in [0.5, 0.6) is 0 Å². The second-order valence-electron chi connectivity index (χ2n) is 5.61. The number of carbonyl (C=O) groups is 2. The fraction of sp³-hybridized carbons (Fsp3) is 0.600. The smallest absolute Gasteiger partial charge is 0.236 e. The van der Waals surface area contributed by atoms with Crippen LogP contribution in [0.25, 0.3) is 0 Å². The Kier molecular flexibility index (Phi) is 8.54. The highest BCUT2D eigenvalue weighted by atomic mass is 35.5. The summed E-state index contributed by atoms with van der Waals surface area (Å²) in [6.07, 6.45) is 0. The summed E-state index contributed by atoms with van der Waals surface area (Å²) in [6, 6.07) is 3.98. The Balaban J connectivity index is 0.00000264. The maximum Gasteiger partial charge on any atom is 0.236 e. The minimum absolute atomic E-state index is 0. The summed E-state index contributed by atoms with van der Waals surface area (Å²) in [5.41, 5.74) is 0. The highest BCUT2D eigenvalue weighted by molar-refractivity contribution is 7.10. The Morgan fingerprint density at radius 1 is 1.39 bits per heavy atom. The predicted molar refractivity (Wildman–Crippen MR) is 95.1 cm³/mol. The summed E-state index contributed by atoms with van der Waals surface area (Å²) < 4.78 is 0. The van der Waals surface area contributed by atoms with Crippen LogP contribution >= 0.6 is 23.7 Å². The van der Waals surface area contributed by atoms with E-state index in [0.29, 0.717) is 0 Å². The minimum Gasteiger partial charge on any atom is -0.348 e. The molecule has 0 aromatic carbocycles. The number of likely N-dealkylation sites (N-methyl/N-ethyl adjacent to an activating group) is 1. The molecule has 2 heterocycles. The molecule has 1 aromatic heterocycles. The second-order valence-corrected chi connectivity index (χ2v) is 6.59. The van der Waals surface area contributed by atoms with Crippen LogP contribution in [0.4, 0.5) is 0 Å². The lowest BCUT2D eigenvalue weighted by Gasteiger charge is -2.29. The largest absolute Gasteiger partial charge is 0.348 e. The molecule has 2 amide bonds. The van der Waals surface area contributed by atoms with Crippen molar-refractivity contribution in [3.63, 3.8) is 0 Å². The van der Waals surface area contributed by atoms with Crippen LogP contribution in [0.15, 0.2) is 17.5 Å². The molecule has 1 aromatic rings. The maximum atomic E-state index is 12.1. The van der Waals surface area contributed by atoms with Gasteiger partial charge in [-0.3, -0.25) is 14.5 Å². The first kappa shape index (κ1) is 19.9.